The number of hydrogen-bond donors (Lipinski definition) is 1. The number of hydrogen-bond acceptors (Lipinski definition) is 6. The van der Waals surface area contributed by atoms with E-state index in [9.17, 15) is 8.42 Å². The smallest absolute Gasteiger partial charge is 0.229 e. The molecule has 0 aliphatic rings. The Morgan fingerprint density at radius 1 is 0.875 bits per heavy atom. The van der Waals surface area contributed by atoms with E-state index in [0.29, 0.717) is 11.3 Å². The maximum Gasteiger partial charge on any atom is 0.229 e. The first kappa shape index (κ1) is 20.1. The fraction of sp³-hybridized carbons (Fsp3) is 0.125. The SMILES string of the molecule is Cc1ccc(S(=O)(=O)c2nnn3c2nc(Nc2ccc(C)cc2C)c2ccccc23)cc1. The predicted octanol–water partition coefficient (Wildman–Crippen LogP) is 4.78. The highest BCUT2D eigenvalue weighted by Crippen LogP contribution is 2.30. The lowest BCUT2D eigenvalue weighted by Gasteiger charge is -2.13. The minimum Gasteiger partial charge on any atom is -0.339 e. The summed E-state index contributed by atoms with van der Waals surface area (Å²) in [6.07, 6.45) is 0. The van der Waals surface area contributed by atoms with Gasteiger partial charge >= 0.3 is 0 Å². The molecule has 160 valence electrons. The van der Waals surface area contributed by atoms with E-state index < -0.39 is 9.84 Å². The molecule has 0 fully saturated rings. The molecule has 5 aromatic rings. The number of fused-ring (bicyclic) bond motifs is 3. The summed E-state index contributed by atoms with van der Waals surface area (Å²) in [7, 11) is -3.90. The summed E-state index contributed by atoms with van der Waals surface area (Å²) in [5.74, 6) is 0.544. The predicted molar refractivity (Wildman–Crippen MR) is 124 cm³/mol. The summed E-state index contributed by atoms with van der Waals surface area (Å²) in [6.45, 7) is 5.96. The Morgan fingerprint density at radius 3 is 2.34 bits per heavy atom. The van der Waals surface area contributed by atoms with Crippen molar-refractivity contribution in [3.8, 4) is 0 Å². The molecular formula is C24H21N5O2S. The fourth-order valence-corrected chi connectivity index (χ4v) is 4.96. The molecule has 8 heteroatoms. The second-order valence-electron chi connectivity index (χ2n) is 7.87. The van der Waals surface area contributed by atoms with Gasteiger partial charge in [-0.1, -0.05) is 52.7 Å². The van der Waals surface area contributed by atoms with Gasteiger partial charge in [0.2, 0.25) is 14.9 Å². The van der Waals surface area contributed by atoms with Crippen molar-refractivity contribution in [2.24, 2.45) is 0 Å². The number of sulfone groups is 1. The van der Waals surface area contributed by atoms with Crippen LogP contribution in [0.1, 0.15) is 16.7 Å². The van der Waals surface area contributed by atoms with E-state index >= 15 is 0 Å². The zero-order chi connectivity index (χ0) is 22.5. The third-order valence-corrected chi connectivity index (χ3v) is 7.11. The zero-order valence-corrected chi connectivity index (χ0v) is 18.7. The van der Waals surface area contributed by atoms with Crippen LogP contribution in [0.15, 0.2) is 76.7 Å². The van der Waals surface area contributed by atoms with Crippen LogP contribution in [0.2, 0.25) is 0 Å². The Hall–Kier alpha value is -3.78. The highest BCUT2D eigenvalue weighted by molar-refractivity contribution is 7.91. The third kappa shape index (κ3) is 3.29. The van der Waals surface area contributed by atoms with Crippen molar-refractivity contribution in [2.75, 3.05) is 5.32 Å². The van der Waals surface area contributed by atoms with Crippen molar-refractivity contribution in [3.63, 3.8) is 0 Å². The Labute approximate surface area is 185 Å². The largest absolute Gasteiger partial charge is 0.339 e. The molecule has 2 heterocycles. The van der Waals surface area contributed by atoms with Crippen LogP contribution >= 0.6 is 0 Å². The van der Waals surface area contributed by atoms with Crippen LogP contribution in [0, 0.1) is 20.8 Å². The Balaban J connectivity index is 1.74. The maximum atomic E-state index is 13.3. The summed E-state index contributed by atoms with van der Waals surface area (Å²) in [4.78, 5) is 4.84. The molecule has 3 aromatic carbocycles. The van der Waals surface area contributed by atoms with Crippen LogP contribution in [0.4, 0.5) is 11.5 Å². The molecule has 0 unspecified atom stereocenters. The highest BCUT2D eigenvalue weighted by atomic mass is 32.2. The van der Waals surface area contributed by atoms with Gasteiger partial charge in [-0.05, 0) is 56.7 Å². The first-order valence-corrected chi connectivity index (χ1v) is 11.6. The van der Waals surface area contributed by atoms with Crippen molar-refractivity contribution >= 4 is 37.9 Å². The quantitative estimate of drug-likeness (QED) is 0.430. The van der Waals surface area contributed by atoms with Crippen molar-refractivity contribution < 1.29 is 8.42 Å². The van der Waals surface area contributed by atoms with Crippen LogP contribution < -0.4 is 5.32 Å². The summed E-state index contributed by atoms with van der Waals surface area (Å²) >= 11 is 0. The van der Waals surface area contributed by atoms with E-state index in [1.165, 1.54) is 4.52 Å². The molecule has 32 heavy (non-hydrogen) atoms. The van der Waals surface area contributed by atoms with Crippen LogP contribution in [0.25, 0.3) is 16.6 Å². The second kappa shape index (κ2) is 7.42. The van der Waals surface area contributed by atoms with Crippen molar-refractivity contribution in [1.82, 2.24) is 19.8 Å². The van der Waals surface area contributed by atoms with Gasteiger partial charge in [0.25, 0.3) is 0 Å². The average Bonchev–Trinajstić information content (AvgIpc) is 3.21. The van der Waals surface area contributed by atoms with Gasteiger partial charge in [-0.3, -0.25) is 0 Å². The number of anilines is 2. The van der Waals surface area contributed by atoms with E-state index in [0.717, 1.165) is 27.8 Å². The van der Waals surface area contributed by atoms with Crippen molar-refractivity contribution in [2.45, 2.75) is 30.7 Å². The summed E-state index contributed by atoms with van der Waals surface area (Å²) in [5.41, 5.74) is 4.98. The molecule has 0 saturated heterocycles. The fourth-order valence-electron chi connectivity index (χ4n) is 3.72. The van der Waals surface area contributed by atoms with Gasteiger partial charge in [-0.25, -0.2) is 13.4 Å². The number of aryl methyl sites for hydroxylation is 3. The lowest BCUT2D eigenvalue weighted by Crippen LogP contribution is -2.06. The van der Waals surface area contributed by atoms with Gasteiger partial charge in [0.15, 0.2) is 5.65 Å². The number of para-hydroxylation sites is 1. The molecule has 0 saturated carbocycles. The Morgan fingerprint density at radius 2 is 1.59 bits per heavy atom. The van der Waals surface area contributed by atoms with E-state index in [4.69, 9.17) is 0 Å². The van der Waals surface area contributed by atoms with Crippen molar-refractivity contribution in [1.29, 1.82) is 0 Å². The van der Waals surface area contributed by atoms with Gasteiger partial charge in [0.1, 0.15) is 5.82 Å². The molecule has 0 atom stereocenters. The lowest BCUT2D eigenvalue weighted by atomic mass is 10.1. The standard InChI is InChI=1S/C24H21N5O2S/c1-15-8-11-18(12-9-15)32(30,31)24-23-26-22(25-20-13-10-16(2)14-17(20)3)19-6-4-5-7-21(19)29(23)28-27-24/h4-14H,1-3H3,(H,25,26). The molecule has 2 aromatic heterocycles. The Kier molecular flexibility index (Phi) is 4.67. The minimum absolute atomic E-state index is 0.157. The van der Waals surface area contributed by atoms with Crippen LogP contribution in [-0.2, 0) is 9.84 Å². The monoisotopic (exact) mass is 443 g/mol. The van der Waals surface area contributed by atoms with E-state index in [1.807, 2.05) is 57.2 Å². The van der Waals surface area contributed by atoms with E-state index in [1.54, 1.807) is 24.3 Å². The minimum atomic E-state index is -3.90. The van der Waals surface area contributed by atoms with Gasteiger partial charge in [-0.2, -0.15) is 4.52 Å². The van der Waals surface area contributed by atoms with Gasteiger partial charge < -0.3 is 5.32 Å². The topological polar surface area (TPSA) is 89.2 Å². The van der Waals surface area contributed by atoms with Gasteiger partial charge in [0, 0.05) is 11.1 Å². The van der Waals surface area contributed by atoms with Gasteiger partial charge in [-0.15, -0.1) is 5.10 Å². The lowest BCUT2D eigenvalue weighted by molar-refractivity contribution is 0.592. The van der Waals surface area contributed by atoms with E-state index in [-0.39, 0.29) is 15.6 Å². The van der Waals surface area contributed by atoms with Crippen LogP contribution in [-0.4, -0.2) is 28.2 Å². The highest BCUT2D eigenvalue weighted by Gasteiger charge is 2.27. The molecule has 0 aliphatic carbocycles. The summed E-state index contributed by atoms with van der Waals surface area (Å²) < 4.78 is 28.2. The van der Waals surface area contributed by atoms with E-state index in [2.05, 4.69) is 26.7 Å². The first-order valence-electron chi connectivity index (χ1n) is 10.1. The molecule has 1 N–H and O–H groups in total. The molecule has 7 nitrogen and oxygen atoms in total. The molecule has 0 radical (unpaired) electrons. The molecule has 0 spiro atoms. The summed E-state index contributed by atoms with van der Waals surface area (Å²) in [5, 5.41) is 12.2. The second-order valence-corrected chi connectivity index (χ2v) is 9.73. The van der Waals surface area contributed by atoms with Crippen LogP contribution in [0.3, 0.4) is 0 Å². The number of aromatic nitrogens is 4. The molecule has 0 amide bonds. The molecule has 0 bridgehead atoms. The average molecular weight is 444 g/mol. The number of rotatable bonds is 4. The normalized spacial score (nSPS) is 11.8. The number of benzene rings is 3. The summed E-state index contributed by atoms with van der Waals surface area (Å²) in [6, 6.07) is 20.3. The third-order valence-electron chi connectivity index (χ3n) is 5.44. The zero-order valence-electron chi connectivity index (χ0n) is 17.9. The van der Waals surface area contributed by atoms with Crippen molar-refractivity contribution in [3.05, 3.63) is 83.4 Å². The number of nitrogens with zero attached hydrogens (tertiary/aromatic N) is 4. The Bertz CT molecular complexity index is 1590. The first-order chi connectivity index (χ1) is 15.3. The maximum absolute atomic E-state index is 13.3. The molecule has 0 aliphatic heterocycles. The number of nitrogens with one attached hydrogen (secondary N) is 1. The van der Waals surface area contributed by atoms with Gasteiger partial charge in [0.05, 0.1) is 10.4 Å². The molecule has 5 rings (SSSR count). The molecular weight excluding hydrogens is 422 g/mol. The van der Waals surface area contributed by atoms with Crippen LogP contribution in [0.5, 0.6) is 0 Å².